The van der Waals surface area contributed by atoms with Crippen molar-refractivity contribution in [2.45, 2.75) is 51.4 Å². The molecule has 0 bridgehead atoms. The van der Waals surface area contributed by atoms with E-state index in [0.717, 1.165) is 52.6 Å². The summed E-state index contributed by atoms with van der Waals surface area (Å²) in [6, 6.07) is 1.92. The van der Waals surface area contributed by atoms with Crippen LogP contribution < -0.4 is 4.74 Å². The molecule has 0 saturated heterocycles. The Balaban J connectivity index is 1.94. The molecule has 7 nitrogen and oxygen atoms in total. The molecular formula is C21H25BrN4O3. The lowest BCUT2D eigenvalue weighted by Crippen LogP contribution is -2.06. The highest BCUT2D eigenvalue weighted by atomic mass is 79.9. The first-order chi connectivity index (χ1) is 14.0. The van der Waals surface area contributed by atoms with E-state index in [4.69, 9.17) is 14.8 Å². The molecule has 3 aromatic heterocycles. The van der Waals surface area contributed by atoms with Crippen LogP contribution in [0.4, 0.5) is 0 Å². The Hall–Kier alpha value is -2.48. The van der Waals surface area contributed by atoms with Crippen molar-refractivity contribution >= 4 is 27.5 Å². The fourth-order valence-corrected chi connectivity index (χ4v) is 4.11. The SMILES string of the molecule is CCCC(CCCCC(=O)O)c1nc2c(-c3cncc(OC)c3)cnn2cc1Br. The Morgan fingerprint density at radius 3 is 2.83 bits per heavy atom. The van der Waals surface area contributed by atoms with E-state index in [9.17, 15) is 4.79 Å². The molecule has 154 valence electrons. The van der Waals surface area contributed by atoms with Crippen LogP contribution in [0.25, 0.3) is 16.8 Å². The van der Waals surface area contributed by atoms with Crippen LogP contribution in [0.15, 0.2) is 35.3 Å². The van der Waals surface area contributed by atoms with Gasteiger partial charge < -0.3 is 9.84 Å². The van der Waals surface area contributed by atoms with Crippen LogP contribution in [0.2, 0.25) is 0 Å². The van der Waals surface area contributed by atoms with E-state index in [1.807, 2.05) is 12.3 Å². The number of carboxylic acids is 1. The second kappa shape index (κ2) is 9.82. The van der Waals surface area contributed by atoms with Crippen molar-refractivity contribution in [3.8, 4) is 16.9 Å². The number of carboxylic acid groups (broad SMARTS) is 1. The van der Waals surface area contributed by atoms with Gasteiger partial charge in [0.2, 0.25) is 0 Å². The fraction of sp³-hybridized carbons (Fsp3) is 0.429. The number of halogens is 1. The van der Waals surface area contributed by atoms with E-state index in [1.54, 1.807) is 30.2 Å². The van der Waals surface area contributed by atoms with Crippen molar-refractivity contribution in [3.63, 3.8) is 0 Å². The molecular weight excluding hydrogens is 436 g/mol. The summed E-state index contributed by atoms with van der Waals surface area (Å²) in [6.45, 7) is 2.16. The van der Waals surface area contributed by atoms with Crippen LogP contribution in [0.1, 0.15) is 57.1 Å². The molecule has 0 aromatic carbocycles. The van der Waals surface area contributed by atoms with Gasteiger partial charge in [-0.2, -0.15) is 5.10 Å². The molecule has 3 rings (SSSR count). The van der Waals surface area contributed by atoms with Crippen LogP contribution in [-0.2, 0) is 4.79 Å². The minimum Gasteiger partial charge on any atom is -0.495 e. The number of nitrogens with zero attached hydrogens (tertiary/aromatic N) is 4. The number of pyridine rings is 1. The summed E-state index contributed by atoms with van der Waals surface area (Å²) in [7, 11) is 1.62. The maximum absolute atomic E-state index is 10.8. The maximum Gasteiger partial charge on any atom is 0.303 e. The smallest absolute Gasteiger partial charge is 0.303 e. The molecule has 1 N–H and O–H groups in total. The molecule has 3 aromatic rings. The van der Waals surface area contributed by atoms with Gasteiger partial charge in [0, 0.05) is 35.9 Å². The molecule has 0 amide bonds. The van der Waals surface area contributed by atoms with Gasteiger partial charge >= 0.3 is 5.97 Å². The quantitative estimate of drug-likeness (QED) is 0.423. The van der Waals surface area contributed by atoms with E-state index < -0.39 is 5.97 Å². The first kappa shape index (κ1) is 21.2. The standard InChI is InChI=1S/C21H25BrN4O3/c1-3-6-14(7-4-5-8-19(27)28)20-18(22)13-26-21(25-20)17(12-24-26)15-9-16(29-2)11-23-10-15/h9-14H,3-8H2,1-2H3,(H,27,28). The molecule has 1 unspecified atom stereocenters. The number of aromatic nitrogens is 4. The van der Waals surface area contributed by atoms with Crippen molar-refractivity contribution < 1.29 is 14.6 Å². The zero-order valence-corrected chi connectivity index (χ0v) is 18.2. The summed E-state index contributed by atoms with van der Waals surface area (Å²) in [6.07, 6.45) is 11.9. The third-order valence-electron chi connectivity index (χ3n) is 4.95. The Bertz CT molecular complexity index is 989. The molecule has 0 radical (unpaired) electrons. The Morgan fingerprint density at radius 1 is 1.28 bits per heavy atom. The average Bonchev–Trinajstić information content (AvgIpc) is 3.12. The monoisotopic (exact) mass is 460 g/mol. The molecule has 0 spiro atoms. The minimum absolute atomic E-state index is 0.210. The van der Waals surface area contributed by atoms with Crippen molar-refractivity contribution in [3.05, 3.63) is 41.0 Å². The lowest BCUT2D eigenvalue weighted by molar-refractivity contribution is -0.137. The predicted molar refractivity (Wildman–Crippen MR) is 114 cm³/mol. The number of fused-ring (bicyclic) bond motifs is 1. The minimum atomic E-state index is -0.742. The topological polar surface area (TPSA) is 89.6 Å². The summed E-state index contributed by atoms with van der Waals surface area (Å²) in [5.41, 5.74) is 3.55. The van der Waals surface area contributed by atoms with Gasteiger partial charge in [0.25, 0.3) is 0 Å². The maximum atomic E-state index is 10.8. The Labute approximate surface area is 178 Å². The van der Waals surface area contributed by atoms with Gasteiger partial charge in [0.1, 0.15) is 5.75 Å². The Morgan fingerprint density at radius 2 is 2.10 bits per heavy atom. The van der Waals surface area contributed by atoms with Gasteiger partial charge in [0.05, 0.1) is 29.7 Å². The molecule has 0 saturated carbocycles. The van der Waals surface area contributed by atoms with Crippen molar-refractivity contribution in [2.24, 2.45) is 0 Å². The molecule has 0 aliphatic carbocycles. The van der Waals surface area contributed by atoms with Crippen LogP contribution in [0.5, 0.6) is 5.75 Å². The van der Waals surface area contributed by atoms with Gasteiger partial charge in [-0.3, -0.25) is 9.78 Å². The number of hydrogen-bond donors (Lipinski definition) is 1. The normalized spacial score (nSPS) is 12.2. The van der Waals surface area contributed by atoms with Crippen molar-refractivity contribution in [1.29, 1.82) is 0 Å². The number of aliphatic carboxylic acids is 1. The third-order valence-corrected chi connectivity index (χ3v) is 5.56. The Kier molecular flexibility index (Phi) is 7.19. The molecule has 0 fully saturated rings. The highest BCUT2D eigenvalue weighted by Gasteiger charge is 2.19. The highest BCUT2D eigenvalue weighted by molar-refractivity contribution is 9.10. The number of ether oxygens (including phenoxy) is 1. The first-order valence-corrected chi connectivity index (χ1v) is 10.6. The molecule has 8 heteroatoms. The van der Waals surface area contributed by atoms with E-state index in [-0.39, 0.29) is 12.3 Å². The number of methoxy groups -OCH3 is 1. The zero-order valence-electron chi connectivity index (χ0n) is 16.6. The first-order valence-electron chi connectivity index (χ1n) is 9.78. The van der Waals surface area contributed by atoms with Gasteiger partial charge in [-0.25, -0.2) is 9.50 Å². The van der Waals surface area contributed by atoms with Crippen molar-refractivity contribution in [1.82, 2.24) is 19.6 Å². The number of rotatable bonds is 10. The van der Waals surface area contributed by atoms with Crippen molar-refractivity contribution in [2.75, 3.05) is 7.11 Å². The lowest BCUT2D eigenvalue weighted by atomic mass is 9.93. The summed E-state index contributed by atoms with van der Waals surface area (Å²) in [5, 5.41) is 13.3. The summed E-state index contributed by atoms with van der Waals surface area (Å²) >= 11 is 3.66. The van der Waals surface area contributed by atoms with Crippen LogP contribution >= 0.6 is 15.9 Å². The largest absolute Gasteiger partial charge is 0.495 e. The van der Waals surface area contributed by atoms with Crippen LogP contribution in [-0.4, -0.2) is 37.8 Å². The van der Waals surface area contributed by atoms with Gasteiger partial charge in [0.15, 0.2) is 5.65 Å². The molecule has 0 aliphatic heterocycles. The van der Waals surface area contributed by atoms with E-state index in [1.165, 1.54) is 0 Å². The number of carbonyl (C=O) groups is 1. The van der Waals surface area contributed by atoms with E-state index in [2.05, 4.69) is 32.9 Å². The summed E-state index contributed by atoms with van der Waals surface area (Å²) < 4.78 is 7.97. The second-order valence-corrected chi connectivity index (χ2v) is 7.89. The highest BCUT2D eigenvalue weighted by Crippen LogP contribution is 2.34. The molecule has 0 aliphatic rings. The predicted octanol–water partition coefficient (Wildman–Crippen LogP) is 5.09. The number of unbranched alkanes of at least 4 members (excludes halogenated alkanes) is 1. The second-order valence-electron chi connectivity index (χ2n) is 7.04. The lowest BCUT2D eigenvalue weighted by Gasteiger charge is -2.17. The third kappa shape index (κ3) is 5.12. The molecule has 1 atom stereocenters. The number of hydrogen-bond acceptors (Lipinski definition) is 5. The van der Waals surface area contributed by atoms with Gasteiger partial charge in [-0.05, 0) is 41.3 Å². The van der Waals surface area contributed by atoms with E-state index >= 15 is 0 Å². The zero-order chi connectivity index (χ0) is 20.8. The van der Waals surface area contributed by atoms with E-state index in [0.29, 0.717) is 12.2 Å². The summed E-state index contributed by atoms with van der Waals surface area (Å²) in [5.74, 6) is 0.203. The van der Waals surface area contributed by atoms with Gasteiger partial charge in [-0.1, -0.05) is 19.8 Å². The molecule has 3 heterocycles. The molecule has 29 heavy (non-hydrogen) atoms. The summed E-state index contributed by atoms with van der Waals surface area (Å²) in [4.78, 5) is 20.0. The van der Waals surface area contributed by atoms with Crippen LogP contribution in [0, 0.1) is 0 Å². The van der Waals surface area contributed by atoms with Gasteiger partial charge in [-0.15, -0.1) is 0 Å². The fourth-order valence-electron chi connectivity index (χ4n) is 3.50. The average molecular weight is 461 g/mol. The van der Waals surface area contributed by atoms with Crippen LogP contribution in [0.3, 0.4) is 0 Å².